The van der Waals surface area contributed by atoms with Crippen molar-refractivity contribution in [2.24, 2.45) is 0 Å². The highest BCUT2D eigenvalue weighted by molar-refractivity contribution is 5.68. The van der Waals surface area contributed by atoms with Gasteiger partial charge in [0.25, 0.3) is 0 Å². The van der Waals surface area contributed by atoms with Crippen molar-refractivity contribution in [2.75, 3.05) is 46.4 Å². The molecule has 16 heavy (non-hydrogen) atoms. The topological polar surface area (TPSA) is 42.0 Å². The minimum Gasteiger partial charge on any atom is -0.446 e. The van der Waals surface area contributed by atoms with Crippen LogP contribution in [-0.4, -0.2) is 68.4 Å². The zero-order chi connectivity index (χ0) is 11.4. The minimum absolute atomic E-state index is 0.131. The number of ether oxygens (including phenoxy) is 2. The molecular weight excluding hydrogens is 208 g/mol. The van der Waals surface area contributed by atoms with Gasteiger partial charge in [-0.25, -0.2) is 4.79 Å². The molecule has 1 heterocycles. The molecular formula is C11H20N2O3. The zero-order valence-corrected chi connectivity index (χ0v) is 9.85. The molecule has 92 valence electrons. The second-order valence-electron chi connectivity index (χ2n) is 4.40. The van der Waals surface area contributed by atoms with Crippen molar-refractivity contribution in [1.82, 2.24) is 9.80 Å². The van der Waals surface area contributed by atoms with E-state index < -0.39 is 0 Å². The molecule has 5 nitrogen and oxygen atoms in total. The predicted octanol–water partition coefficient (Wildman–Crippen LogP) is 0.549. The lowest BCUT2D eigenvalue weighted by Crippen LogP contribution is -2.49. The van der Waals surface area contributed by atoms with E-state index in [1.165, 1.54) is 0 Å². The van der Waals surface area contributed by atoms with E-state index in [4.69, 9.17) is 9.47 Å². The molecule has 2 rings (SSSR count). The molecule has 2 aliphatic rings. The summed E-state index contributed by atoms with van der Waals surface area (Å²) in [6.07, 6.45) is 2.16. The molecule has 1 aliphatic heterocycles. The van der Waals surface area contributed by atoms with Gasteiger partial charge in [-0.15, -0.1) is 0 Å². The lowest BCUT2D eigenvalue weighted by atomic mass is 10.3. The predicted molar refractivity (Wildman–Crippen MR) is 59.4 cm³/mol. The van der Waals surface area contributed by atoms with Gasteiger partial charge in [0.15, 0.2) is 0 Å². The summed E-state index contributed by atoms with van der Waals surface area (Å²) in [4.78, 5) is 15.7. The lowest BCUT2D eigenvalue weighted by Gasteiger charge is -2.33. The van der Waals surface area contributed by atoms with E-state index >= 15 is 0 Å². The van der Waals surface area contributed by atoms with Crippen molar-refractivity contribution < 1.29 is 14.3 Å². The Balaban J connectivity index is 1.65. The van der Waals surface area contributed by atoms with E-state index in [1.807, 2.05) is 4.90 Å². The van der Waals surface area contributed by atoms with Crippen LogP contribution in [0.25, 0.3) is 0 Å². The maximum Gasteiger partial charge on any atom is 0.410 e. The number of carbonyl (C=O) groups is 1. The summed E-state index contributed by atoms with van der Waals surface area (Å²) < 4.78 is 10.3. The molecule has 1 saturated carbocycles. The Morgan fingerprint density at radius 1 is 1.25 bits per heavy atom. The zero-order valence-electron chi connectivity index (χ0n) is 9.85. The molecule has 0 radical (unpaired) electrons. The van der Waals surface area contributed by atoms with Gasteiger partial charge in [-0.3, -0.25) is 4.90 Å². The van der Waals surface area contributed by atoms with E-state index in [2.05, 4.69) is 4.90 Å². The van der Waals surface area contributed by atoms with Gasteiger partial charge >= 0.3 is 6.09 Å². The Hall–Kier alpha value is -0.810. The number of methoxy groups -OCH3 is 1. The third-order valence-corrected chi connectivity index (χ3v) is 3.03. The largest absolute Gasteiger partial charge is 0.446 e. The molecule has 0 aromatic rings. The fourth-order valence-corrected chi connectivity index (χ4v) is 1.78. The molecule has 0 aromatic heterocycles. The van der Waals surface area contributed by atoms with Gasteiger partial charge in [0.05, 0.1) is 6.61 Å². The third kappa shape index (κ3) is 3.35. The summed E-state index contributed by atoms with van der Waals surface area (Å²) in [7, 11) is 1.71. The van der Waals surface area contributed by atoms with Crippen molar-refractivity contribution in [3.8, 4) is 0 Å². The van der Waals surface area contributed by atoms with Crippen LogP contribution in [0.4, 0.5) is 4.79 Å². The monoisotopic (exact) mass is 228 g/mol. The van der Waals surface area contributed by atoms with Crippen LogP contribution in [0.15, 0.2) is 0 Å². The maximum atomic E-state index is 11.6. The van der Waals surface area contributed by atoms with E-state index in [1.54, 1.807) is 7.11 Å². The molecule has 2 fully saturated rings. The van der Waals surface area contributed by atoms with Crippen LogP contribution in [0.2, 0.25) is 0 Å². The van der Waals surface area contributed by atoms with Crippen molar-refractivity contribution >= 4 is 6.09 Å². The van der Waals surface area contributed by atoms with Crippen molar-refractivity contribution in [2.45, 2.75) is 18.9 Å². The maximum absolute atomic E-state index is 11.6. The summed E-state index contributed by atoms with van der Waals surface area (Å²) >= 11 is 0. The molecule has 1 saturated heterocycles. The minimum atomic E-state index is -0.131. The van der Waals surface area contributed by atoms with Gasteiger partial charge in [-0.2, -0.15) is 0 Å². The van der Waals surface area contributed by atoms with Gasteiger partial charge in [0.2, 0.25) is 0 Å². The molecule has 0 atom stereocenters. The van der Waals surface area contributed by atoms with Gasteiger partial charge in [-0.05, 0) is 12.8 Å². The average Bonchev–Trinajstić information content (AvgIpc) is 3.11. The first kappa shape index (κ1) is 11.7. The highest BCUT2D eigenvalue weighted by Gasteiger charge is 2.29. The normalized spacial score (nSPS) is 22.2. The molecule has 0 bridgehead atoms. The van der Waals surface area contributed by atoms with Crippen LogP contribution in [-0.2, 0) is 9.47 Å². The van der Waals surface area contributed by atoms with Crippen LogP contribution in [0, 0.1) is 0 Å². The molecule has 0 unspecified atom stereocenters. The van der Waals surface area contributed by atoms with Gasteiger partial charge in [0, 0.05) is 39.8 Å². The van der Waals surface area contributed by atoms with Gasteiger partial charge in [-0.1, -0.05) is 0 Å². The second kappa shape index (κ2) is 5.50. The summed E-state index contributed by atoms with van der Waals surface area (Å²) in [5.41, 5.74) is 0. The van der Waals surface area contributed by atoms with E-state index in [9.17, 15) is 4.79 Å². The number of amides is 1. The Kier molecular flexibility index (Phi) is 4.01. The fourth-order valence-electron chi connectivity index (χ4n) is 1.78. The van der Waals surface area contributed by atoms with Gasteiger partial charge < -0.3 is 14.4 Å². The number of piperazine rings is 1. The molecule has 0 aromatic carbocycles. The van der Waals surface area contributed by atoms with E-state index in [-0.39, 0.29) is 12.2 Å². The fraction of sp³-hybridized carbons (Fsp3) is 0.909. The molecule has 1 aliphatic carbocycles. The Morgan fingerprint density at radius 3 is 2.50 bits per heavy atom. The Bertz CT molecular complexity index is 235. The Morgan fingerprint density at radius 2 is 1.94 bits per heavy atom. The molecule has 5 heteroatoms. The highest BCUT2D eigenvalue weighted by Crippen LogP contribution is 2.24. The standard InChI is InChI=1S/C11H20N2O3/c1-15-9-8-12-4-6-13(7-5-12)11(14)16-10-2-3-10/h10H,2-9H2,1H3. The van der Waals surface area contributed by atoms with Gasteiger partial charge in [0.1, 0.15) is 6.10 Å². The number of nitrogens with zero attached hydrogens (tertiary/aromatic N) is 2. The molecule has 0 N–H and O–H groups in total. The molecule has 1 amide bonds. The first-order valence-electron chi connectivity index (χ1n) is 5.96. The second-order valence-corrected chi connectivity index (χ2v) is 4.40. The van der Waals surface area contributed by atoms with Crippen LogP contribution in [0.1, 0.15) is 12.8 Å². The number of carbonyl (C=O) groups excluding carboxylic acids is 1. The first-order chi connectivity index (χ1) is 7.79. The van der Waals surface area contributed by atoms with Crippen LogP contribution in [0.3, 0.4) is 0 Å². The number of rotatable bonds is 4. The summed E-state index contributed by atoms with van der Waals surface area (Å²) in [6.45, 7) is 5.09. The quantitative estimate of drug-likeness (QED) is 0.704. The van der Waals surface area contributed by atoms with Crippen molar-refractivity contribution in [3.05, 3.63) is 0 Å². The molecule has 0 spiro atoms. The highest BCUT2D eigenvalue weighted by atomic mass is 16.6. The van der Waals surface area contributed by atoms with Crippen molar-refractivity contribution in [1.29, 1.82) is 0 Å². The van der Waals surface area contributed by atoms with E-state index in [0.29, 0.717) is 0 Å². The third-order valence-electron chi connectivity index (χ3n) is 3.03. The summed E-state index contributed by atoms with van der Waals surface area (Å²) in [6, 6.07) is 0. The summed E-state index contributed by atoms with van der Waals surface area (Å²) in [5.74, 6) is 0. The Labute approximate surface area is 96.3 Å². The average molecular weight is 228 g/mol. The van der Waals surface area contributed by atoms with E-state index in [0.717, 1.165) is 52.2 Å². The summed E-state index contributed by atoms with van der Waals surface area (Å²) in [5, 5.41) is 0. The number of hydrogen-bond acceptors (Lipinski definition) is 4. The lowest BCUT2D eigenvalue weighted by molar-refractivity contribution is 0.0635. The number of hydrogen-bond donors (Lipinski definition) is 0. The first-order valence-corrected chi connectivity index (χ1v) is 5.96. The van der Waals surface area contributed by atoms with Crippen LogP contribution < -0.4 is 0 Å². The van der Waals surface area contributed by atoms with Crippen LogP contribution in [0.5, 0.6) is 0 Å². The SMILES string of the molecule is COCCN1CCN(C(=O)OC2CC2)CC1. The smallest absolute Gasteiger partial charge is 0.410 e. The van der Waals surface area contributed by atoms with Crippen molar-refractivity contribution in [3.63, 3.8) is 0 Å². The van der Waals surface area contributed by atoms with Crippen LogP contribution >= 0.6 is 0 Å².